The van der Waals surface area contributed by atoms with Crippen molar-refractivity contribution in [2.75, 3.05) is 20.2 Å². The van der Waals surface area contributed by atoms with Gasteiger partial charge >= 0.3 is 0 Å². The Morgan fingerprint density at radius 3 is 2.45 bits per heavy atom. The molecule has 2 N–H and O–H groups in total. The highest BCUT2D eigenvalue weighted by atomic mass is 16.5. The van der Waals surface area contributed by atoms with E-state index >= 15 is 0 Å². The van der Waals surface area contributed by atoms with Crippen LogP contribution in [0.15, 0.2) is 54.6 Å². The van der Waals surface area contributed by atoms with Gasteiger partial charge in [-0.2, -0.15) is 0 Å². The summed E-state index contributed by atoms with van der Waals surface area (Å²) in [5.74, 6) is 0.967. The maximum atomic E-state index is 14.0. The van der Waals surface area contributed by atoms with E-state index in [0.29, 0.717) is 0 Å². The molecule has 1 saturated heterocycles. The van der Waals surface area contributed by atoms with E-state index in [-0.39, 0.29) is 11.8 Å². The molecule has 0 radical (unpaired) electrons. The molecule has 0 aliphatic carbocycles. The fourth-order valence-electron chi connectivity index (χ4n) is 4.42. The average molecular weight is 392 g/mol. The number of rotatable bonds is 6. The third-order valence-electron chi connectivity index (χ3n) is 5.73. The monoisotopic (exact) mass is 391 g/mol. The molecule has 1 aliphatic heterocycles. The summed E-state index contributed by atoms with van der Waals surface area (Å²) in [5.41, 5.74) is 2.18. The molecule has 0 amide bonds. The van der Waals surface area contributed by atoms with Gasteiger partial charge in [-0.1, -0.05) is 18.2 Å². The predicted molar refractivity (Wildman–Crippen MR) is 117 cm³/mol. The van der Waals surface area contributed by atoms with Crippen LogP contribution in [-0.2, 0) is 0 Å². The van der Waals surface area contributed by atoms with E-state index in [4.69, 9.17) is 4.74 Å². The van der Waals surface area contributed by atoms with E-state index in [0.717, 1.165) is 54.0 Å². The summed E-state index contributed by atoms with van der Waals surface area (Å²) in [7, 11) is 1.66. The van der Waals surface area contributed by atoms with Gasteiger partial charge in [0.25, 0.3) is 0 Å². The van der Waals surface area contributed by atoms with Gasteiger partial charge in [0.15, 0.2) is 5.78 Å². The number of aromatic nitrogens is 1. The van der Waals surface area contributed by atoms with Gasteiger partial charge in [-0.3, -0.25) is 4.79 Å². The smallest absolute Gasteiger partial charge is 0.199 e. The molecule has 152 valence electrons. The van der Waals surface area contributed by atoms with Crippen molar-refractivity contribution in [3.63, 3.8) is 0 Å². The first-order chi connectivity index (χ1) is 14.0. The third kappa shape index (κ3) is 3.68. The summed E-state index contributed by atoms with van der Waals surface area (Å²) >= 11 is 0. The van der Waals surface area contributed by atoms with Crippen LogP contribution in [0.25, 0.3) is 16.6 Å². The average Bonchev–Trinajstić information content (AvgIpc) is 3.13. The zero-order valence-electron chi connectivity index (χ0n) is 17.4. The first kappa shape index (κ1) is 19.7. The van der Waals surface area contributed by atoms with E-state index < -0.39 is 5.54 Å². The van der Waals surface area contributed by atoms with Gasteiger partial charge in [0, 0.05) is 17.1 Å². The lowest BCUT2D eigenvalue weighted by Crippen LogP contribution is -2.59. The maximum absolute atomic E-state index is 14.0. The number of Topliss-reactive ketones (excluding diaryl/α,β-unsaturated/α-hetero) is 1. The Bertz CT molecular complexity index is 999. The fourth-order valence-corrected chi connectivity index (χ4v) is 4.42. The number of methoxy groups -OCH3 is 1. The van der Waals surface area contributed by atoms with Crippen molar-refractivity contribution in [2.24, 2.45) is 0 Å². The van der Waals surface area contributed by atoms with Crippen LogP contribution in [0.3, 0.4) is 0 Å². The lowest BCUT2D eigenvalue weighted by molar-refractivity contribution is 0.0784. The molecule has 2 heterocycles. The number of ketones is 1. The lowest BCUT2D eigenvalue weighted by Gasteiger charge is -2.39. The number of piperidine rings is 1. The third-order valence-corrected chi connectivity index (χ3v) is 5.73. The Hall–Kier alpha value is -2.63. The molecule has 5 nitrogen and oxygen atoms in total. The second kappa shape index (κ2) is 8.01. The minimum atomic E-state index is -0.544. The molecule has 5 heteroatoms. The number of carbonyl (C=O) groups is 1. The number of fused-ring (bicyclic) bond motifs is 1. The molecule has 1 fully saturated rings. The Labute approximate surface area is 172 Å². The van der Waals surface area contributed by atoms with E-state index in [1.165, 1.54) is 0 Å². The van der Waals surface area contributed by atoms with Crippen molar-refractivity contribution in [3.05, 3.63) is 60.3 Å². The van der Waals surface area contributed by atoms with Gasteiger partial charge in [-0.25, -0.2) is 0 Å². The van der Waals surface area contributed by atoms with Crippen LogP contribution in [0.5, 0.6) is 5.75 Å². The van der Waals surface area contributed by atoms with Crippen LogP contribution in [0.4, 0.5) is 0 Å². The fraction of sp³-hybridized carbons (Fsp3) is 0.375. The molecule has 0 unspecified atom stereocenters. The normalized spacial score (nSPS) is 16.3. The number of para-hydroxylation sites is 1. The topological polar surface area (TPSA) is 55.3 Å². The maximum Gasteiger partial charge on any atom is 0.199 e. The van der Waals surface area contributed by atoms with Crippen LogP contribution < -0.4 is 15.4 Å². The molecular formula is C24H29N3O2. The van der Waals surface area contributed by atoms with Crippen LogP contribution in [-0.4, -0.2) is 42.1 Å². The minimum absolute atomic E-state index is 0.166. The Morgan fingerprint density at radius 2 is 1.79 bits per heavy atom. The molecule has 29 heavy (non-hydrogen) atoms. The summed E-state index contributed by atoms with van der Waals surface area (Å²) in [4.78, 5) is 14.0. The standard InChI is InChI=1S/C24H29N3O2/c1-17(2)26-24(12-14-25-15-13-24)23(28)22-16-18-6-4-5-7-21(18)27(22)19-8-10-20(29-3)11-9-19/h4-11,16-17,25-26H,12-15H2,1-3H3. The molecule has 4 rings (SSSR count). The first-order valence-corrected chi connectivity index (χ1v) is 10.3. The van der Waals surface area contributed by atoms with Crippen molar-refractivity contribution < 1.29 is 9.53 Å². The Morgan fingerprint density at radius 1 is 1.10 bits per heavy atom. The van der Waals surface area contributed by atoms with Crippen molar-refractivity contribution in [2.45, 2.75) is 38.3 Å². The largest absolute Gasteiger partial charge is 0.497 e. The molecule has 2 aromatic carbocycles. The van der Waals surface area contributed by atoms with Crippen molar-refractivity contribution in [3.8, 4) is 11.4 Å². The van der Waals surface area contributed by atoms with E-state index in [1.54, 1.807) is 7.11 Å². The second-order valence-electron chi connectivity index (χ2n) is 8.08. The van der Waals surface area contributed by atoms with Crippen LogP contribution in [0.1, 0.15) is 37.2 Å². The van der Waals surface area contributed by atoms with Crippen LogP contribution >= 0.6 is 0 Å². The molecular weight excluding hydrogens is 362 g/mol. The summed E-state index contributed by atoms with van der Waals surface area (Å²) in [5, 5.41) is 8.07. The van der Waals surface area contributed by atoms with E-state index in [9.17, 15) is 4.79 Å². The van der Waals surface area contributed by atoms with E-state index in [2.05, 4.69) is 41.2 Å². The van der Waals surface area contributed by atoms with Crippen LogP contribution in [0, 0.1) is 0 Å². The lowest BCUT2D eigenvalue weighted by atomic mass is 9.82. The Balaban J connectivity index is 1.87. The summed E-state index contributed by atoms with van der Waals surface area (Å²) < 4.78 is 7.40. The molecule has 1 aromatic heterocycles. The van der Waals surface area contributed by atoms with Crippen molar-refractivity contribution in [1.29, 1.82) is 0 Å². The number of hydrogen-bond donors (Lipinski definition) is 2. The molecule has 1 aliphatic rings. The van der Waals surface area contributed by atoms with Crippen molar-refractivity contribution >= 4 is 16.7 Å². The molecule has 0 atom stereocenters. The molecule has 0 bridgehead atoms. The highest BCUT2D eigenvalue weighted by molar-refractivity contribution is 6.06. The van der Waals surface area contributed by atoms with Crippen LogP contribution in [0.2, 0.25) is 0 Å². The second-order valence-corrected chi connectivity index (χ2v) is 8.08. The number of nitrogens with one attached hydrogen (secondary N) is 2. The molecule has 0 saturated carbocycles. The van der Waals surface area contributed by atoms with Gasteiger partial charge in [0.05, 0.1) is 23.9 Å². The highest BCUT2D eigenvalue weighted by Crippen LogP contribution is 2.31. The molecule has 0 spiro atoms. The SMILES string of the molecule is COc1ccc(-n2c(C(=O)C3(NC(C)C)CCNCC3)cc3ccccc32)cc1. The van der Waals surface area contributed by atoms with Crippen molar-refractivity contribution in [1.82, 2.24) is 15.2 Å². The number of nitrogens with zero attached hydrogens (tertiary/aromatic N) is 1. The zero-order valence-corrected chi connectivity index (χ0v) is 17.4. The number of hydrogen-bond acceptors (Lipinski definition) is 4. The summed E-state index contributed by atoms with van der Waals surface area (Å²) in [6.07, 6.45) is 1.57. The predicted octanol–water partition coefficient (Wildman–Crippen LogP) is 3.94. The number of benzene rings is 2. The highest BCUT2D eigenvalue weighted by Gasteiger charge is 2.41. The Kier molecular flexibility index (Phi) is 5.43. The van der Waals surface area contributed by atoms with Gasteiger partial charge in [0.1, 0.15) is 5.75 Å². The first-order valence-electron chi connectivity index (χ1n) is 10.3. The van der Waals surface area contributed by atoms with Gasteiger partial charge in [-0.15, -0.1) is 0 Å². The number of ether oxygens (including phenoxy) is 1. The quantitative estimate of drug-likeness (QED) is 0.625. The number of carbonyl (C=O) groups excluding carboxylic acids is 1. The summed E-state index contributed by atoms with van der Waals surface area (Å²) in [6.45, 7) is 5.90. The minimum Gasteiger partial charge on any atom is -0.497 e. The van der Waals surface area contributed by atoms with Gasteiger partial charge < -0.3 is 19.9 Å². The van der Waals surface area contributed by atoms with E-state index in [1.807, 2.05) is 42.5 Å². The molecule has 3 aromatic rings. The summed E-state index contributed by atoms with van der Waals surface area (Å²) in [6, 6.07) is 18.3. The zero-order chi connectivity index (χ0) is 20.4. The van der Waals surface area contributed by atoms with Gasteiger partial charge in [-0.05, 0) is 76.2 Å². The van der Waals surface area contributed by atoms with Gasteiger partial charge in [0.2, 0.25) is 0 Å².